The summed E-state index contributed by atoms with van der Waals surface area (Å²) in [5, 5.41) is 3.17. The SMILES string of the molecule is CC1(NC(=O)c2cc(S(=O)(=O)Cl)ccc2Cl)CCCCC1. The summed E-state index contributed by atoms with van der Waals surface area (Å²) < 4.78 is 22.7. The number of carbonyl (C=O) groups excluding carboxylic acids is 1. The molecular weight excluding hydrogens is 333 g/mol. The third-order valence-electron chi connectivity index (χ3n) is 3.84. The summed E-state index contributed by atoms with van der Waals surface area (Å²) in [6.45, 7) is 2.00. The van der Waals surface area contributed by atoms with Gasteiger partial charge in [-0.25, -0.2) is 8.42 Å². The molecule has 1 fully saturated rings. The molecule has 1 aromatic carbocycles. The molecule has 116 valence electrons. The minimum Gasteiger partial charge on any atom is -0.347 e. The van der Waals surface area contributed by atoms with Crippen LogP contribution >= 0.6 is 22.3 Å². The molecule has 1 aromatic rings. The lowest BCUT2D eigenvalue weighted by molar-refractivity contribution is 0.0882. The highest BCUT2D eigenvalue weighted by atomic mass is 35.7. The molecule has 7 heteroatoms. The number of hydrogen-bond acceptors (Lipinski definition) is 3. The first kappa shape index (κ1) is 16.6. The van der Waals surface area contributed by atoms with Crippen molar-refractivity contribution in [3.8, 4) is 0 Å². The predicted molar refractivity (Wildman–Crippen MR) is 83.4 cm³/mol. The summed E-state index contributed by atoms with van der Waals surface area (Å²) in [5.41, 5.74) is -0.140. The van der Waals surface area contributed by atoms with Crippen LogP contribution in [0.5, 0.6) is 0 Å². The summed E-state index contributed by atoms with van der Waals surface area (Å²) in [6, 6.07) is 3.87. The van der Waals surface area contributed by atoms with Crippen molar-refractivity contribution in [3.63, 3.8) is 0 Å². The summed E-state index contributed by atoms with van der Waals surface area (Å²) in [7, 11) is 1.41. The minimum atomic E-state index is -3.89. The highest BCUT2D eigenvalue weighted by Crippen LogP contribution is 2.29. The molecule has 0 atom stereocenters. The monoisotopic (exact) mass is 349 g/mol. The van der Waals surface area contributed by atoms with E-state index in [1.165, 1.54) is 24.6 Å². The van der Waals surface area contributed by atoms with Gasteiger partial charge in [0.15, 0.2) is 0 Å². The van der Waals surface area contributed by atoms with Gasteiger partial charge in [-0.15, -0.1) is 0 Å². The van der Waals surface area contributed by atoms with Gasteiger partial charge in [-0.05, 0) is 38.0 Å². The summed E-state index contributed by atoms with van der Waals surface area (Å²) >= 11 is 6.01. The fourth-order valence-electron chi connectivity index (χ4n) is 2.63. The topological polar surface area (TPSA) is 63.2 Å². The van der Waals surface area contributed by atoms with Crippen LogP contribution in [0.15, 0.2) is 23.1 Å². The van der Waals surface area contributed by atoms with Crippen molar-refractivity contribution in [2.75, 3.05) is 0 Å². The molecule has 0 aromatic heterocycles. The Labute approximate surface area is 134 Å². The lowest BCUT2D eigenvalue weighted by Crippen LogP contribution is -2.47. The van der Waals surface area contributed by atoms with E-state index in [4.69, 9.17) is 22.3 Å². The zero-order chi connectivity index (χ0) is 15.7. The van der Waals surface area contributed by atoms with Crippen LogP contribution in [0, 0.1) is 0 Å². The highest BCUT2D eigenvalue weighted by molar-refractivity contribution is 8.13. The molecule has 1 N–H and O–H groups in total. The van der Waals surface area contributed by atoms with Crippen molar-refractivity contribution in [2.45, 2.75) is 49.5 Å². The number of rotatable bonds is 3. The second-order valence-corrected chi connectivity index (χ2v) is 8.63. The van der Waals surface area contributed by atoms with Crippen LogP contribution < -0.4 is 5.32 Å². The van der Waals surface area contributed by atoms with Gasteiger partial charge in [-0.1, -0.05) is 30.9 Å². The number of amides is 1. The van der Waals surface area contributed by atoms with E-state index >= 15 is 0 Å². The molecule has 0 bridgehead atoms. The average Bonchev–Trinajstić information content (AvgIpc) is 2.38. The van der Waals surface area contributed by atoms with Gasteiger partial charge in [0.2, 0.25) is 0 Å². The Bertz CT molecular complexity index is 652. The second kappa shape index (κ2) is 6.15. The van der Waals surface area contributed by atoms with Gasteiger partial charge in [0.05, 0.1) is 15.5 Å². The molecule has 1 saturated carbocycles. The molecule has 0 unspecified atom stereocenters. The molecule has 4 nitrogen and oxygen atoms in total. The number of halogens is 2. The van der Waals surface area contributed by atoms with Crippen LogP contribution in [0.1, 0.15) is 49.4 Å². The second-order valence-electron chi connectivity index (χ2n) is 5.65. The molecule has 0 spiro atoms. The average molecular weight is 350 g/mol. The van der Waals surface area contributed by atoms with Gasteiger partial charge in [0.25, 0.3) is 15.0 Å². The molecule has 0 heterocycles. The summed E-state index contributed by atoms with van der Waals surface area (Å²) in [5.74, 6) is -0.369. The first-order valence-electron chi connectivity index (χ1n) is 6.78. The number of nitrogens with one attached hydrogen (secondary N) is 1. The van der Waals surface area contributed by atoms with E-state index in [2.05, 4.69) is 5.32 Å². The van der Waals surface area contributed by atoms with Gasteiger partial charge in [0, 0.05) is 16.2 Å². The first-order valence-corrected chi connectivity index (χ1v) is 9.47. The first-order chi connectivity index (χ1) is 9.71. The van der Waals surface area contributed by atoms with E-state index in [0.717, 1.165) is 25.7 Å². The quantitative estimate of drug-likeness (QED) is 0.845. The summed E-state index contributed by atoms with van der Waals surface area (Å²) in [6.07, 6.45) is 5.13. The Balaban J connectivity index is 2.26. The van der Waals surface area contributed by atoms with E-state index in [1.54, 1.807) is 0 Å². The van der Waals surface area contributed by atoms with Gasteiger partial charge >= 0.3 is 0 Å². The van der Waals surface area contributed by atoms with Crippen molar-refractivity contribution < 1.29 is 13.2 Å². The van der Waals surface area contributed by atoms with E-state index < -0.39 is 9.05 Å². The Morgan fingerprint density at radius 3 is 2.43 bits per heavy atom. The molecule has 21 heavy (non-hydrogen) atoms. The minimum absolute atomic E-state index is 0.130. The van der Waals surface area contributed by atoms with Crippen molar-refractivity contribution >= 4 is 37.2 Å². The van der Waals surface area contributed by atoms with Crippen molar-refractivity contribution in [2.24, 2.45) is 0 Å². The predicted octanol–water partition coefficient (Wildman–Crippen LogP) is 3.72. The van der Waals surface area contributed by atoms with Crippen LogP contribution in [0.25, 0.3) is 0 Å². The van der Waals surface area contributed by atoms with Crippen LogP contribution in [-0.4, -0.2) is 19.9 Å². The third-order valence-corrected chi connectivity index (χ3v) is 5.52. The number of benzene rings is 1. The van der Waals surface area contributed by atoms with Gasteiger partial charge in [0.1, 0.15) is 0 Å². The van der Waals surface area contributed by atoms with E-state index in [9.17, 15) is 13.2 Å². The van der Waals surface area contributed by atoms with Crippen LogP contribution in [0.4, 0.5) is 0 Å². The summed E-state index contributed by atoms with van der Waals surface area (Å²) in [4.78, 5) is 12.3. The normalized spacial score (nSPS) is 18.2. The van der Waals surface area contributed by atoms with E-state index in [-0.39, 0.29) is 26.9 Å². The van der Waals surface area contributed by atoms with Gasteiger partial charge in [-0.3, -0.25) is 4.79 Å². The van der Waals surface area contributed by atoms with Crippen molar-refractivity contribution in [3.05, 3.63) is 28.8 Å². The Kier molecular flexibility index (Phi) is 4.85. The maximum atomic E-state index is 12.4. The Morgan fingerprint density at radius 1 is 1.24 bits per heavy atom. The maximum absolute atomic E-state index is 12.4. The molecule has 0 aliphatic heterocycles. The fourth-order valence-corrected chi connectivity index (χ4v) is 3.61. The van der Waals surface area contributed by atoms with Gasteiger partial charge in [-0.2, -0.15) is 0 Å². The number of hydrogen-bond donors (Lipinski definition) is 1. The smallest absolute Gasteiger partial charge is 0.261 e. The van der Waals surface area contributed by atoms with Crippen LogP contribution in [0.3, 0.4) is 0 Å². The van der Waals surface area contributed by atoms with Crippen LogP contribution in [-0.2, 0) is 9.05 Å². The molecule has 1 aliphatic carbocycles. The molecule has 1 amide bonds. The van der Waals surface area contributed by atoms with Crippen molar-refractivity contribution in [1.29, 1.82) is 0 Å². The molecule has 0 saturated heterocycles. The van der Waals surface area contributed by atoms with E-state index in [1.807, 2.05) is 6.92 Å². The molecular formula is C14H17Cl2NO3S. The Hall–Kier alpha value is -0.780. The fraction of sp³-hybridized carbons (Fsp3) is 0.500. The number of carbonyl (C=O) groups is 1. The van der Waals surface area contributed by atoms with Crippen molar-refractivity contribution in [1.82, 2.24) is 5.32 Å². The lowest BCUT2D eigenvalue weighted by Gasteiger charge is -2.34. The lowest BCUT2D eigenvalue weighted by atomic mass is 9.83. The highest BCUT2D eigenvalue weighted by Gasteiger charge is 2.29. The molecule has 1 aliphatic rings. The Morgan fingerprint density at radius 2 is 1.86 bits per heavy atom. The third kappa shape index (κ3) is 4.11. The van der Waals surface area contributed by atoms with E-state index in [0.29, 0.717) is 0 Å². The molecule has 2 rings (SSSR count). The zero-order valence-electron chi connectivity index (χ0n) is 11.7. The van der Waals surface area contributed by atoms with Crippen LogP contribution in [0.2, 0.25) is 5.02 Å². The standard InChI is InChI=1S/C14H17Cl2NO3S/c1-14(7-3-2-4-8-14)17-13(18)11-9-10(21(16,19)20)5-6-12(11)15/h5-6,9H,2-4,7-8H2,1H3,(H,17,18). The van der Waals surface area contributed by atoms with Gasteiger partial charge < -0.3 is 5.32 Å². The molecule has 0 radical (unpaired) electrons. The zero-order valence-corrected chi connectivity index (χ0v) is 14.0. The maximum Gasteiger partial charge on any atom is 0.261 e. The largest absolute Gasteiger partial charge is 0.347 e.